The first-order valence-corrected chi connectivity index (χ1v) is 8.25. The van der Waals surface area contributed by atoms with Crippen molar-refractivity contribution in [2.24, 2.45) is 0 Å². The van der Waals surface area contributed by atoms with Crippen molar-refractivity contribution in [1.29, 1.82) is 5.26 Å². The largest absolute Gasteiger partial charge is 0.493 e. The van der Waals surface area contributed by atoms with Crippen LogP contribution in [-0.2, 0) is 4.79 Å². The predicted molar refractivity (Wildman–Crippen MR) is 96.6 cm³/mol. The molecule has 1 amide bonds. The molecule has 0 radical (unpaired) electrons. The molecule has 0 saturated carbocycles. The average molecular weight is 322 g/mol. The number of hydrogen-bond acceptors (Lipinski definition) is 3. The molecular weight excluding hydrogens is 300 g/mol. The molecule has 0 fully saturated rings. The normalized spacial score (nSPS) is 11.1. The summed E-state index contributed by atoms with van der Waals surface area (Å²) in [5, 5.41) is 14.2. The first-order chi connectivity index (χ1) is 11.7. The summed E-state index contributed by atoms with van der Waals surface area (Å²) in [4.78, 5) is 12.2. The van der Waals surface area contributed by atoms with Gasteiger partial charge in [0.15, 0.2) is 0 Å². The van der Waals surface area contributed by atoms with Crippen LogP contribution in [0.25, 0.3) is 16.8 Å². The number of amides is 1. The molecule has 2 aromatic carbocycles. The molecule has 0 heterocycles. The lowest BCUT2D eigenvalue weighted by Gasteiger charge is -2.11. The number of rotatable bonds is 7. The number of nitrogens with one attached hydrogen (secondary N) is 1. The number of fused-ring (bicyclic) bond motifs is 1. The minimum absolute atomic E-state index is 0.0865. The molecule has 2 rings (SSSR count). The van der Waals surface area contributed by atoms with Gasteiger partial charge in [0.05, 0.1) is 6.61 Å². The zero-order valence-electron chi connectivity index (χ0n) is 14.1. The summed E-state index contributed by atoms with van der Waals surface area (Å²) in [6.07, 6.45) is 3.50. The van der Waals surface area contributed by atoms with Gasteiger partial charge < -0.3 is 10.1 Å². The van der Waals surface area contributed by atoms with Gasteiger partial charge in [-0.15, -0.1) is 0 Å². The van der Waals surface area contributed by atoms with Crippen LogP contribution in [0.15, 0.2) is 42.0 Å². The van der Waals surface area contributed by atoms with Crippen molar-refractivity contribution in [2.75, 3.05) is 13.2 Å². The summed E-state index contributed by atoms with van der Waals surface area (Å²) in [5.41, 5.74) is 0.848. The molecule has 0 unspecified atom stereocenters. The van der Waals surface area contributed by atoms with Gasteiger partial charge in [0.1, 0.15) is 17.4 Å². The number of nitrogens with zero attached hydrogens (tertiary/aromatic N) is 1. The highest BCUT2D eigenvalue weighted by atomic mass is 16.5. The van der Waals surface area contributed by atoms with E-state index in [-0.39, 0.29) is 11.5 Å². The quantitative estimate of drug-likeness (QED) is 0.475. The Bertz CT molecular complexity index is 788. The lowest BCUT2D eigenvalue weighted by atomic mass is 10.0. The Hall–Kier alpha value is -2.80. The van der Waals surface area contributed by atoms with Crippen molar-refractivity contribution in [1.82, 2.24) is 5.32 Å². The number of hydrogen-bond donors (Lipinski definition) is 1. The topological polar surface area (TPSA) is 62.1 Å². The maximum Gasteiger partial charge on any atom is 0.261 e. The molecule has 2 aromatic rings. The summed E-state index contributed by atoms with van der Waals surface area (Å²) in [7, 11) is 0. The molecule has 0 aromatic heterocycles. The van der Waals surface area contributed by atoms with Crippen molar-refractivity contribution < 1.29 is 9.53 Å². The van der Waals surface area contributed by atoms with Crippen LogP contribution in [-0.4, -0.2) is 19.1 Å². The number of ether oxygens (including phenoxy) is 1. The van der Waals surface area contributed by atoms with Crippen LogP contribution in [0.1, 0.15) is 32.3 Å². The van der Waals surface area contributed by atoms with Crippen molar-refractivity contribution in [3.63, 3.8) is 0 Å². The van der Waals surface area contributed by atoms with E-state index >= 15 is 0 Å². The Balaban J connectivity index is 2.46. The van der Waals surface area contributed by atoms with Crippen LogP contribution < -0.4 is 10.1 Å². The molecule has 0 aliphatic carbocycles. The van der Waals surface area contributed by atoms with Crippen LogP contribution in [0.5, 0.6) is 5.75 Å². The molecule has 4 heteroatoms. The highest BCUT2D eigenvalue weighted by Crippen LogP contribution is 2.30. The summed E-state index contributed by atoms with van der Waals surface area (Å²) in [6, 6.07) is 13.7. The Morgan fingerprint density at radius 3 is 2.75 bits per heavy atom. The van der Waals surface area contributed by atoms with Crippen molar-refractivity contribution >= 4 is 22.8 Å². The molecule has 24 heavy (non-hydrogen) atoms. The van der Waals surface area contributed by atoms with E-state index in [0.717, 1.165) is 29.2 Å². The van der Waals surface area contributed by atoms with E-state index in [1.807, 2.05) is 49.4 Å². The molecule has 0 saturated heterocycles. The first kappa shape index (κ1) is 17.6. The minimum atomic E-state index is -0.346. The molecule has 0 aliphatic rings. The van der Waals surface area contributed by atoms with Gasteiger partial charge in [0.2, 0.25) is 0 Å². The smallest absolute Gasteiger partial charge is 0.261 e. The second kappa shape index (κ2) is 8.73. The fourth-order valence-electron chi connectivity index (χ4n) is 2.47. The Morgan fingerprint density at radius 1 is 1.25 bits per heavy atom. The molecule has 0 atom stereocenters. The van der Waals surface area contributed by atoms with Gasteiger partial charge in [-0.2, -0.15) is 5.26 Å². The summed E-state index contributed by atoms with van der Waals surface area (Å²) >= 11 is 0. The predicted octanol–water partition coefficient (Wildman–Crippen LogP) is 4.06. The van der Waals surface area contributed by atoms with Crippen molar-refractivity contribution in [3.8, 4) is 11.8 Å². The lowest BCUT2D eigenvalue weighted by molar-refractivity contribution is -0.117. The molecular formula is C20H22N2O2. The summed E-state index contributed by atoms with van der Waals surface area (Å²) < 4.78 is 5.68. The average Bonchev–Trinajstić information content (AvgIpc) is 2.61. The van der Waals surface area contributed by atoms with E-state index in [1.165, 1.54) is 0 Å². The Labute approximate surface area is 142 Å². The van der Waals surface area contributed by atoms with Crippen LogP contribution in [0.3, 0.4) is 0 Å². The maximum atomic E-state index is 12.2. The molecule has 0 bridgehead atoms. The Kier molecular flexibility index (Phi) is 6.39. The molecule has 0 spiro atoms. The lowest BCUT2D eigenvalue weighted by Crippen LogP contribution is -2.25. The second-order valence-corrected chi connectivity index (χ2v) is 5.41. The van der Waals surface area contributed by atoms with Gasteiger partial charge in [-0.25, -0.2) is 0 Å². The van der Waals surface area contributed by atoms with Gasteiger partial charge in [0, 0.05) is 12.1 Å². The van der Waals surface area contributed by atoms with Gasteiger partial charge in [-0.1, -0.05) is 43.7 Å². The fourth-order valence-corrected chi connectivity index (χ4v) is 2.47. The highest BCUT2D eigenvalue weighted by molar-refractivity contribution is 6.04. The van der Waals surface area contributed by atoms with Crippen LogP contribution in [0, 0.1) is 11.3 Å². The van der Waals surface area contributed by atoms with Gasteiger partial charge in [-0.05, 0) is 36.3 Å². The molecule has 124 valence electrons. The number of carbonyl (C=O) groups is 1. The van der Waals surface area contributed by atoms with E-state index in [2.05, 4.69) is 12.2 Å². The van der Waals surface area contributed by atoms with Gasteiger partial charge in [-0.3, -0.25) is 4.79 Å². The molecule has 4 nitrogen and oxygen atoms in total. The Morgan fingerprint density at radius 2 is 2.04 bits per heavy atom. The van der Waals surface area contributed by atoms with Gasteiger partial charge >= 0.3 is 0 Å². The fraction of sp³-hybridized carbons (Fsp3) is 0.300. The number of carbonyl (C=O) groups excluding carboxylic acids is 1. The number of nitriles is 1. The zero-order chi connectivity index (χ0) is 17.4. The van der Waals surface area contributed by atoms with Crippen molar-refractivity contribution in [3.05, 3.63) is 47.5 Å². The van der Waals surface area contributed by atoms with Crippen LogP contribution in [0.4, 0.5) is 0 Å². The number of unbranched alkanes of at least 4 members (excludes halogenated alkanes) is 1. The van der Waals surface area contributed by atoms with Crippen LogP contribution >= 0.6 is 0 Å². The summed E-state index contributed by atoms with van der Waals surface area (Å²) in [5.74, 6) is 0.326. The SMILES string of the molecule is CCCCNC(=O)/C(C#N)=C/c1c(OCC)ccc2ccccc12. The van der Waals surface area contributed by atoms with E-state index in [1.54, 1.807) is 6.08 Å². The standard InChI is InChI=1S/C20H22N2O2/c1-3-5-12-22-20(23)16(14-21)13-18-17-9-7-6-8-15(17)10-11-19(18)24-4-2/h6-11,13H,3-5,12H2,1-2H3,(H,22,23)/b16-13+. The van der Waals surface area contributed by atoms with Gasteiger partial charge in [0.25, 0.3) is 5.91 Å². The minimum Gasteiger partial charge on any atom is -0.493 e. The van der Waals surface area contributed by atoms with Crippen LogP contribution in [0.2, 0.25) is 0 Å². The monoisotopic (exact) mass is 322 g/mol. The van der Waals surface area contributed by atoms with Crippen molar-refractivity contribution in [2.45, 2.75) is 26.7 Å². The van der Waals surface area contributed by atoms with E-state index in [4.69, 9.17) is 4.74 Å². The maximum absolute atomic E-state index is 12.2. The zero-order valence-corrected chi connectivity index (χ0v) is 14.1. The third kappa shape index (κ3) is 4.14. The number of benzene rings is 2. The third-order valence-corrected chi connectivity index (χ3v) is 3.70. The van der Waals surface area contributed by atoms with E-state index < -0.39 is 0 Å². The third-order valence-electron chi connectivity index (χ3n) is 3.70. The highest BCUT2D eigenvalue weighted by Gasteiger charge is 2.12. The van der Waals surface area contributed by atoms with E-state index in [9.17, 15) is 10.1 Å². The molecule has 1 N–H and O–H groups in total. The first-order valence-electron chi connectivity index (χ1n) is 8.25. The second-order valence-electron chi connectivity index (χ2n) is 5.41. The molecule has 0 aliphatic heterocycles. The summed E-state index contributed by atoms with van der Waals surface area (Å²) in [6.45, 7) is 5.05. The van der Waals surface area contributed by atoms with E-state index in [0.29, 0.717) is 18.9 Å².